The molecule has 2 N–H and O–H groups in total. The summed E-state index contributed by atoms with van der Waals surface area (Å²) in [4.78, 5) is 13.8. The van der Waals surface area contributed by atoms with Gasteiger partial charge in [0.25, 0.3) is 5.91 Å². The smallest absolute Gasteiger partial charge is 0.254 e. The molecular formula is C15H19NO3. The molecule has 1 rings (SSSR count). The second-order valence-corrected chi connectivity index (χ2v) is 4.37. The zero-order valence-corrected chi connectivity index (χ0v) is 11.3. The first kappa shape index (κ1) is 15.2. The van der Waals surface area contributed by atoms with Crippen LogP contribution in [0.2, 0.25) is 0 Å². The lowest BCUT2D eigenvalue weighted by Crippen LogP contribution is -2.30. The third-order valence-electron chi connectivity index (χ3n) is 2.69. The van der Waals surface area contributed by atoms with E-state index in [9.17, 15) is 9.90 Å². The van der Waals surface area contributed by atoms with Crippen LogP contribution in [-0.4, -0.2) is 47.3 Å². The molecule has 0 aliphatic carbocycles. The van der Waals surface area contributed by atoms with Gasteiger partial charge in [-0.25, -0.2) is 0 Å². The molecule has 0 saturated heterocycles. The van der Waals surface area contributed by atoms with Crippen molar-refractivity contribution in [1.29, 1.82) is 0 Å². The van der Waals surface area contributed by atoms with Crippen molar-refractivity contribution in [1.82, 2.24) is 4.90 Å². The number of nitrogens with zero attached hydrogens (tertiary/aromatic N) is 1. The molecule has 0 bridgehead atoms. The highest BCUT2D eigenvalue weighted by molar-refractivity contribution is 5.96. The van der Waals surface area contributed by atoms with Gasteiger partial charge in [-0.2, -0.15) is 0 Å². The Labute approximate surface area is 113 Å². The van der Waals surface area contributed by atoms with Crippen LogP contribution in [0.4, 0.5) is 0 Å². The number of aliphatic hydroxyl groups is 2. The van der Waals surface area contributed by atoms with E-state index in [4.69, 9.17) is 5.11 Å². The molecule has 0 fully saturated rings. The molecule has 1 amide bonds. The Morgan fingerprint density at radius 1 is 1.42 bits per heavy atom. The fraction of sp³-hybridized carbons (Fsp3) is 0.400. The highest BCUT2D eigenvalue weighted by Gasteiger charge is 2.14. The minimum atomic E-state index is -0.431. The molecular weight excluding hydrogens is 242 g/mol. The molecule has 0 saturated carbocycles. The van der Waals surface area contributed by atoms with Crippen LogP contribution in [0.3, 0.4) is 0 Å². The largest absolute Gasteiger partial charge is 0.393 e. The van der Waals surface area contributed by atoms with Gasteiger partial charge in [-0.1, -0.05) is 24.0 Å². The Bertz CT molecular complexity index is 486. The Balaban J connectivity index is 2.87. The summed E-state index contributed by atoms with van der Waals surface area (Å²) < 4.78 is 0. The molecule has 0 radical (unpaired) electrons. The standard InChI is InChI=1S/C15H19NO3/c1-12(18)9-10-16(2)15(19)14-8-4-3-6-13(14)7-5-11-17/h3-4,6,8,12,17-18H,9-11H2,1-2H3. The van der Waals surface area contributed by atoms with E-state index in [0.717, 1.165) is 0 Å². The van der Waals surface area contributed by atoms with E-state index in [1.54, 1.807) is 43.1 Å². The van der Waals surface area contributed by atoms with E-state index < -0.39 is 6.10 Å². The summed E-state index contributed by atoms with van der Waals surface area (Å²) in [6.45, 7) is 1.94. The lowest BCUT2D eigenvalue weighted by atomic mass is 10.1. The predicted molar refractivity (Wildman–Crippen MR) is 73.7 cm³/mol. The van der Waals surface area contributed by atoms with E-state index in [1.807, 2.05) is 0 Å². The van der Waals surface area contributed by atoms with Crippen molar-refractivity contribution < 1.29 is 15.0 Å². The number of amides is 1. The Hall–Kier alpha value is -1.83. The van der Waals surface area contributed by atoms with E-state index in [0.29, 0.717) is 24.1 Å². The summed E-state index contributed by atoms with van der Waals surface area (Å²) in [5.74, 6) is 5.17. The van der Waals surface area contributed by atoms with Gasteiger partial charge in [0.05, 0.1) is 11.7 Å². The third kappa shape index (κ3) is 4.74. The SMILES string of the molecule is CC(O)CCN(C)C(=O)c1ccccc1C#CCO. The van der Waals surface area contributed by atoms with Gasteiger partial charge in [0.15, 0.2) is 0 Å². The molecule has 1 aromatic rings. The van der Waals surface area contributed by atoms with Gasteiger partial charge in [0.1, 0.15) is 6.61 Å². The summed E-state index contributed by atoms with van der Waals surface area (Å²) in [6.07, 6.45) is 0.104. The molecule has 0 aliphatic rings. The number of benzene rings is 1. The molecule has 0 aliphatic heterocycles. The molecule has 4 nitrogen and oxygen atoms in total. The average molecular weight is 261 g/mol. The first-order chi connectivity index (χ1) is 9.06. The topological polar surface area (TPSA) is 60.8 Å². The van der Waals surface area contributed by atoms with Crippen LogP contribution in [0.25, 0.3) is 0 Å². The molecule has 19 heavy (non-hydrogen) atoms. The molecule has 1 atom stereocenters. The van der Waals surface area contributed by atoms with Gasteiger partial charge >= 0.3 is 0 Å². The van der Waals surface area contributed by atoms with Crippen molar-refractivity contribution in [2.75, 3.05) is 20.2 Å². The highest BCUT2D eigenvalue weighted by atomic mass is 16.3. The van der Waals surface area contributed by atoms with Gasteiger partial charge < -0.3 is 15.1 Å². The maximum atomic E-state index is 12.3. The van der Waals surface area contributed by atoms with E-state index in [2.05, 4.69) is 11.8 Å². The lowest BCUT2D eigenvalue weighted by Gasteiger charge is -2.18. The van der Waals surface area contributed by atoms with Gasteiger partial charge in [0, 0.05) is 19.2 Å². The Morgan fingerprint density at radius 3 is 2.74 bits per heavy atom. The lowest BCUT2D eigenvalue weighted by molar-refractivity contribution is 0.0768. The number of hydrogen-bond acceptors (Lipinski definition) is 3. The van der Waals surface area contributed by atoms with Crippen LogP contribution in [0.5, 0.6) is 0 Å². The van der Waals surface area contributed by atoms with E-state index >= 15 is 0 Å². The minimum absolute atomic E-state index is 0.136. The zero-order chi connectivity index (χ0) is 14.3. The first-order valence-corrected chi connectivity index (χ1v) is 6.18. The van der Waals surface area contributed by atoms with Crippen LogP contribution >= 0.6 is 0 Å². The van der Waals surface area contributed by atoms with Crippen LogP contribution in [0, 0.1) is 11.8 Å². The summed E-state index contributed by atoms with van der Waals surface area (Å²) in [6, 6.07) is 7.04. The van der Waals surface area contributed by atoms with Crippen LogP contribution in [-0.2, 0) is 0 Å². The van der Waals surface area contributed by atoms with Gasteiger partial charge in [0.2, 0.25) is 0 Å². The first-order valence-electron chi connectivity index (χ1n) is 6.18. The maximum Gasteiger partial charge on any atom is 0.254 e. The molecule has 1 aromatic carbocycles. The Morgan fingerprint density at radius 2 is 2.11 bits per heavy atom. The molecule has 0 spiro atoms. The van der Waals surface area contributed by atoms with Gasteiger partial charge in [-0.15, -0.1) is 0 Å². The van der Waals surface area contributed by atoms with Gasteiger partial charge in [-0.05, 0) is 25.5 Å². The number of hydrogen-bond donors (Lipinski definition) is 2. The van der Waals surface area contributed by atoms with Crippen LogP contribution < -0.4 is 0 Å². The number of carbonyl (C=O) groups excluding carboxylic acids is 1. The summed E-state index contributed by atoms with van der Waals surface area (Å²) >= 11 is 0. The van der Waals surface area contributed by atoms with Crippen molar-refractivity contribution >= 4 is 5.91 Å². The summed E-state index contributed by atoms with van der Waals surface area (Å²) in [7, 11) is 1.70. The molecule has 0 aromatic heterocycles. The van der Waals surface area contributed by atoms with Crippen molar-refractivity contribution in [3.8, 4) is 11.8 Å². The Kier molecular flexibility index (Phi) is 6.07. The maximum absolute atomic E-state index is 12.3. The van der Waals surface area contributed by atoms with E-state index in [1.165, 1.54) is 0 Å². The highest BCUT2D eigenvalue weighted by Crippen LogP contribution is 2.10. The summed E-state index contributed by atoms with van der Waals surface area (Å²) in [5.41, 5.74) is 1.11. The van der Waals surface area contributed by atoms with Crippen LogP contribution in [0.1, 0.15) is 29.3 Å². The average Bonchev–Trinajstić information content (AvgIpc) is 2.42. The van der Waals surface area contributed by atoms with Crippen molar-refractivity contribution in [2.45, 2.75) is 19.4 Å². The second kappa shape index (κ2) is 7.57. The zero-order valence-electron chi connectivity index (χ0n) is 11.3. The fourth-order valence-electron chi connectivity index (χ4n) is 1.60. The quantitative estimate of drug-likeness (QED) is 0.791. The minimum Gasteiger partial charge on any atom is -0.393 e. The molecule has 4 heteroatoms. The van der Waals surface area contributed by atoms with E-state index in [-0.39, 0.29) is 12.5 Å². The molecule has 0 heterocycles. The second-order valence-electron chi connectivity index (χ2n) is 4.37. The van der Waals surface area contributed by atoms with Crippen molar-refractivity contribution in [3.63, 3.8) is 0 Å². The fourth-order valence-corrected chi connectivity index (χ4v) is 1.60. The van der Waals surface area contributed by atoms with Crippen molar-refractivity contribution in [2.24, 2.45) is 0 Å². The molecule has 1 unspecified atom stereocenters. The van der Waals surface area contributed by atoms with Crippen molar-refractivity contribution in [3.05, 3.63) is 35.4 Å². The van der Waals surface area contributed by atoms with Gasteiger partial charge in [-0.3, -0.25) is 4.79 Å². The predicted octanol–water partition coefficient (Wildman–Crippen LogP) is 0.873. The normalized spacial score (nSPS) is 11.4. The number of rotatable bonds is 4. The van der Waals surface area contributed by atoms with Crippen LogP contribution in [0.15, 0.2) is 24.3 Å². The summed E-state index contributed by atoms with van der Waals surface area (Å²) in [5, 5.41) is 18.0. The number of aliphatic hydroxyl groups excluding tert-OH is 2. The molecule has 102 valence electrons. The third-order valence-corrected chi connectivity index (χ3v) is 2.69. The number of carbonyl (C=O) groups is 1. The monoisotopic (exact) mass is 261 g/mol.